The fourth-order valence-corrected chi connectivity index (χ4v) is 2.94. The lowest BCUT2D eigenvalue weighted by atomic mass is 9.89. The summed E-state index contributed by atoms with van der Waals surface area (Å²) < 4.78 is 0. The first-order valence-electron chi connectivity index (χ1n) is 6.07. The third-order valence-corrected chi connectivity index (χ3v) is 4.31. The second-order valence-electron chi connectivity index (χ2n) is 5.01. The lowest BCUT2D eigenvalue weighted by Gasteiger charge is -2.32. The minimum Gasteiger partial charge on any atom is -0.311 e. The summed E-state index contributed by atoms with van der Waals surface area (Å²) in [6.07, 6.45) is 8.58. The van der Waals surface area contributed by atoms with Gasteiger partial charge in [-0.3, -0.25) is 0 Å². The molecule has 1 nitrogen and oxygen atoms in total. The molecule has 0 spiro atoms. The second kappa shape index (κ2) is 4.00. The van der Waals surface area contributed by atoms with Gasteiger partial charge in [0.1, 0.15) is 0 Å². The maximum absolute atomic E-state index is 3.83. The molecule has 3 atom stereocenters. The van der Waals surface area contributed by atoms with Crippen molar-refractivity contribution >= 4 is 0 Å². The molecule has 0 aromatic rings. The zero-order valence-corrected chi connectivity index (χ0v) is 9.05. The highest BCUT2D eigenvalue weighted by Gasteiger charge is 2.33. The lowest BCUT2D eigenvalue weighted by Crippen LogP contribution is -2.44. The fourth-order valence-electron chi connectivity index (χ4n) is 2.94. The van der Waals surface area contributed by atoms with Crippen molar-refractivity contribution in [3.8, 4) is 0 Å². The van der Waals surface area contributed by atoms with Gasteiger partial charge in [0.15, 0.2) is 0 Å². The molecule has 0 aromatic carbocycles. The van der Waals surface area contributed by atoms with Gasteiger partial charge in [0, 0.05) is 12.1 Å². The summed E-state index contributed by atoms with van der Waals surface area (Å²) in [5.41, 5.74) is 0. The smallest absolute Gasteiger partial charge is 0.00980 e. The standard InChI is InChI=1S/C12H23N/c1-3-10-7-8-12(9(10)2)13-11-5-4-6-11/h9-13H,3-8H2,1-2H3. The first-order valence-corrected chi connectivity index (χ1v) is 6.07. The molecule has 1 N–H and O–H groups in total. The second-order valence-corrected chi connectivity index (χ2v) is 5.01. The van der Waals surface area contributed by atoms with E-state index in [0.717, 1.165) is 23.9 Å². The molecule has 0 aromatic heterocycles. The summed E-state index contributed by atoms with van der Waals surface area (Å²) in [7, 11) is 0. The van der Waals surface area contributed by atoms with Gasteiger partial charge >= 0.3 is 0 Å². The molecule has 2 saturated carbocycles. The van der Waals surface area contributed by atoms with E-state index in [9.17, 15) is 0 Å². The molecule has 0 amide bonds. The lowest BCUT2D eigenvalue weighted by molar-refractivity contribution is 0.262. The molecular weight excluding hydrogens is 158 g/mol. The van der Waals surface area contributed by atoms with Gasteiger partial charge in [-0.05, 0) is 37.5 Å². The molecule has 0 heterocycles. The van der Waals surface area contributed by atoms with Gasteiger partial charge in [-0.1, -0.05) is 26.7 Å². The van der Waals surface area contributed by atoms with Crippen molar-refractivity contribution in [3.63, 3.8) is 0 Å². The zero-order chi connectivity index (χ0) is 9.26. The largest absolute Gasteiger partial charge is 0.311 e. The van der Waals surface area contributed by atoms with Crippen LogP contribution in [0.4, 0.5) is 0 Å². The zero-order valence-electron chi connectivity index (χ0n) is 9.05. The van der Waals surface area contributed by atoms with Crippen LogP contribution in [0.1, 0.15) is 52.4 Å². The van der Waals surface area contributed by atoms with E-state index in [2.05, 4.69) is 19.2 Å². The molecular formula is C12H23N. The Kier molecular flexibility index (Phi) is 2.92. The monoisotopic (exact) mass is 181 g/mol. The Morgan fingerprint density at radius 1 is 1.15 bits per heavy atom. The van der Waals surface area contributed by atoms with Gasteiger partial charge in [-0.15, -0.1) is 0 Å². The van der Waals surface area contributed by atoms with Gasteiger partial charge in [-0.25, -0.2) is 0 Å². The Balaban J connectivity index is 1.79. The minimum atomic E-state index is 0.843. The van der Waals surface area contributed by atoms with Crippen molar-refractivity contribution < 1.29 is 0 Å². The van der Waals surface area contributed by atoms with E-state index in [1.54, 1.807) is 0 Å². The molecule has 2 aliphatic carbocycles. The fraction of sp³-hybridized carbons (Fsp3) is 1.00. The molecule has 0 radical (unpaired) electrons. The highest BCUT2D eigenvalue weighted by atomic mass is 15.0. The van der Waals surface area contributed by atoms with Gasteiger partial charge in [0.2, 0.25) is 0 Å². The Labute approximate surface area is 82.3 Å². The van der Waals surface area contributed by atoms with Gasteiger partial charge < -0.3 is 5.32 Å². The van der Waals surface area contributed by atoms with Crippen LogP contribution in [0.3, 0.4) is 0 Å². The van der Waals surface area contributed by atoms with E-state index in [1.165, 1.54) is 38.5 Å². The van der Waals surface area contributed by atoms with E-state index >= 15 is 0 Å². The number of rotatable bonds is 3. The molecule has 76 valence electrons. The molecule has 2 aliphatic rings. The van der Waals surface area contributed by atoms with Crippen LogP contribution < -0.4 is 5.32 Å². The maximum Gasteiger partial charge on any atom is 0.00980 e. The van der Waals surface area contributed by atoms with Crippen LogP contribution in [0, 0.1) is 11.8 Å². The topological polar surface area (TPSA) is 12.0 Å². The molecule has 0 bridgehead atoms. The quantitative estimate of drug-likeness (QED) is 0.706. The Morgan fingerprint density at radius 3 is 2.38 bits per heavy atom. The summed E-state index contributed by atoms with van der Waals surface area (Å²) in [5, 5.41) is 3.83. The van der Waals surface area contributed by atoms with Gasteiger partial charge in [-0.2, -0.15) is 0 Å². The molecule has 3 unspecified atom stereocenters. The molecule has 2 fully saturated rings. The normalized spacial score (nSPS) is 40.6. The minimum absolute atomic E-state index is 0.843. The van der Waals surface area contributed by atoms with Crippen LogP contribution in [0.2, 0.25) is 0 Å². The number of hydrogen-bond donors (Lipinski definition) is 1. The Morgan fingerprint density at radius 2 is 1.92 bits per heavy atom. The van der Waals surface area contributed by atoms with E-state index in [4.69, 9.17) is 0 Å². The average molecular weight is 181 g/mol. The van der Waals surface area contributed by atoms with Gasteiger partial charge in [0.25, 0.3) is 0 Å². The van der Waals surface area contributed by atoms with Gasteiger partial charge in [0.05, 0.1) is 0 Å². The third kappa shape index (κ3) is 1.90. The predicted molar refractivity (Wildman–Crippen MR) is 56.7 cm³/mol. The van der Waals surface area contributed by atoms with E-state index in [-0.39, 0.29) is 0 Å². The average Bonchev–Trinajstić information content (AvgIpc) is 2.40. The highest BCUT2D eigenvalue weighted by molar-refractivity contribution is 4.90. The predicted octanol–water partition coefficient (Wildman–Crippen LogP) is 2.95. The van der Waals surface area contributed by atoms with E-state index in [0.29, 0.717) is 0 Å². The third-order valence-electron chi connectivity index (χ3n) is 4.31. The van der Waals surface area contributed by atoms with Crippen molar-refractivity contribution in [2.45, 2.75) is 64.5 Å². The van der Waals surface area contributed by atoms with Crippen molar-refractivity contribution in [1.29, 1.82) is 0 Å². The highest BCUT2D eigenvalue weighted by Crippen LogP contribution is 2.35. The van der Waals surface area contributed by atoms with Crippen LogP contribution in [-0.4, -0.2) is 12.1 Å². The van der Waals surface area contributed by atoms with Crippen molar-refractivity contribution in [3.05, 3.63) is 0 Å². The number of hydrogen-bond acceptors (Lipinski definition) is 1. The van der Waals surface area contributed by atoms with Crippen LogP contribution >= 0.6 is 0 Å². The van der Waals surface area contributed by atoms with Crippen LogP contribution in [0.25, 0.3) is 0 Å². The summed E-state index contributed by atoms with van der Waals surface area (Å²) in [4.78, 5) is 0. The summed E-state index contributed by atoms with van der Waals surface area (Å²) in [6.45, 7) is 4.78. The van der Waals surface area contributed by atoms with Crippen LogP contribution in [0.15, 0.2) is 0 Å². The molecule has 2 rings (SSSR count). The van der Waals surface area contributed by atoms with Crippen LogP contribution in [-0.2, 0) is 0 Å². The van der Waals surface area contributed by atoms with Crippen molar-refractivity contribution in [2.24, 2.45) is 11.8 Å². The van der Waals surface area contributed by atoms with E-state index in [1.807, 2.05) is 0 Å². The molecule has 1 heteroatoms. The van der Waals surface area contributed by atoms with E-state index < -0.39 is 0 Å². The molecule has 0 saturated heterocycles. The summed E-state index contributed by atoms with van der Waals surface area (Å²) >= 11 is 0. The molecule has 0 aliphatic heterocycles. The summed E-state index contributed by atoms with van der Waals surface area (Å²) in [6, 6.07) is 1.72. The van der Waals surface area contributed by atoms with Crippen molar-refractivity contribution in [2.75, 3.05) is 0 Å². The van der Waals surface area contributed by atoms with Crippen molar-refractivity contribution in [1.82, 2.24) is 5.32 Å². The number of nitrogens with one attached hydrogen (secondary N) is 1. The molecule has 13 heavy (non-hydrogen) atoms. The van der Waals surface area contributed by atoms with Crippen LogP contribution in [0.5, 0.6) is 0 Å². The first-order chi connectivity index (χ1) is 6.31. The first kappa shape index (κ1) is 9.51. The SMILES string of the molecule is CCC1CCC(NC2CCC2)C1C. The Bertz CT molecular complexity index is 163. The Hall–Kier alpha value is -0.0400. The summed E-state index contributed by atoms with van der Waals surface area (Å²) in [5.74, 6) is 1.92. The maximum atomic E-state index is 3.83.